The highest BCUT2D eigenvalue weighted by Crippen LogP contribution is 2.51. The number of nitrogens with one attached hydrogen (secondary N) is 1. The Morgan fingerprint density at radius 3 is 2.96 bits per heavy atom. The van der Waals surface area contributed by atoms with Gasteiger partial charge in [-0.1, -0.05) is 30.4 Å². The Morgan fingerprint density at radius 1 is 1.09 bits per heavy atom. The van der Waals surface area contributed by atoms with Crippen LogP contribution in [0.5, 0.6) is 11.5 Å². The van der Waals surface area contributed by atoms with Crippen LogP contribution in [-0.4, -0.2) is 6.79 Å². The van der Waals surface area contributed by atoms with Gasteiger partial charge in [-0.15, -0.1) is 0 Å². The first-order valence-electron chi connectivity index (χ1n) is 7.92. The zero-order valence-electron chi connectivity index (χ0n) is 12.5. The molecule has 0 saturated heterocycles. The fourth-order valence-electron chi connectivity index (χ4n) is 4.02. The molecule has 1 aliphatic carbocycles. The van der Waals surface area contributed by atoms with Crippen molar-refractivity contribution in [2.24, 2.45) is 5.92 Å². The van der Waals surface area contributed by atoms with Crippen molar-refractivity contribution in [3.8, 4) is 11.5 Å². The van der Waals surface area contributed by atoms with Gasteiger partial charge in [0.15, 0.2) is 11.5 Å². The molecule has 3 aliphatic rings. The van der Waals surface area contributed by atoms with E-state index in [0.29, 0.717) is 11.6 Å². The van der Waals surface area contributed by atoms with Crippen molar-refractivity contribution in [3.05, 3.63) is 65.5 Å². The molecule has 2 aliphatic heterocycles. The van der Waals surface area contributed by atoms with E-state index in [4.69, 9.17) is 9.47 Å². The van der Waals surface area contributed by atoms with Crippen LogP contribution < -0.4 is 14.8 Å². The molecule has 0 spiro atoms. The molecule has 23 heavy (non-hydrogen) atoms. The largest absolute Gasteiger partial charge is 0.454 e. The lowest BCUT2D eigenvalue weighted by Crippen LogP contribution is -2.29. The van der Waals surface area contributed by atoms with Gasteiger partial charge in [-0.3, -0.25) is 0 Å². The quantitative estimate of drug-likeness (QED) is 0.793. The molecule has 0 fully saturated rings. The van der Waals surface area contributed by atoms with Gasteiger partial charge in [-0.2, -0.15) is 0 Å². The molecule has 2 heterocycles. The van der Waals surface area contributed by atoms with E-state index >= 15 is 0 Å². The minimum atomic E-state index is -0.188. The number of ether oxygens (including phenoxy) is 2. The SMILES string of the molecule is Fc1cccc2c1N[C@H](c1ccc3c(c1)OCO3)[C@H]1CC=C[C@@H]21. The number of hydrogen-bond donors (Lipinski definition) is 1. The number of fused-ring (bicyclic) bond motifs is 4. The number of halogens is 1. The third kappa shape index (κ3) is 1.87. The Balaban J connectivity index is 1.60. The lowest BCUT2D eigenvalue weighted by Gasteiger charge is -2.37. The van der Waals surface area contributed by atoms with E-state index in [0.717, 1.165) is 29.0 Å². The fourth-order valence-corrected chi connectivity index (χ4v) is 4.02. The Bertz CT molecular complexity index is 817. The molecule has 0 radical (unpaired) electrons. The van der Waals surface area contributed by atoms with Crippen molar-refractivity contribution in [2.45, 2.75) is 18.4 Å². The molecule has 0 unspecified atom stereocenters. The Morgan fingerprint density at radius 2 is 2.00 bits per heavy atom. The molecule has 0 bridgehead atoms. The van der Waals surface area contributed by atoms with Crippen LogP contribution in [0, 0.1) is 11.7 Å². The zero-order chi connectivity index (χ0) is 15.4. The first kappa shape index (κ1) is 13.0. The molecule has 5 rings (SSSR count). The van der Waals surface area contributed by atoms with Gasteiger partial charge < -0.3 is 14.8 Å². The highest BCUT2D eigenvalue weighted by molar-refractivity contribution is 5.61. The van der Waals surface area contributed by atoms with Gasteiger partial charge in [0.05, 0.1) is 11.7 Å². The lowest BCUT2D eigenvalue weighted by molar-refractivity contribution is 0.174. The van der Waals surface area contributed by atoms with Crippen LogP contribution >= 0.6 is 0 Å². The molecule has 3 nitrogen and oxygen atoms in total. The van der Waals surface area contributed by atoms with E-state index in [1.165, 1.54) is 6.07 Å². The number of rotatable bonds is 1. The van der Waals surface area contributed by atoms with E-state index in [1.54, 1.807) is 6.07 Å². The molecule has 2 aromatic carbocycles. The monoisotopic (exact) mass is 309 g/mol. The minimum Gasteiger partial charge on any atom is -0.454 e. The van der Waals surface area contributed by atoms with Gasteiger partial charge in [0, 0.05) is 5.92 Å². The average Bonchev–Trinajstić information content (AvgIpc) is 3.23. The van der Waals surface area contributed by atoms with E-state index in [2.05, 4.69) is 17.5 Å². The molecule has 4 heteroatoms. The normalized spacial score (nSPS) is 26.6. The average molecular weight is 309 g/mol. The van der Waals surface area contributed by atoms with Gasteiger partial charge in [-0.25, -0.2) is 4.39 Å². The van der Waals surface area contributed by atoms with Crippen molar-refractivity contribution in [1.82, 2.24) is 0 Å². The topological polar surface area (TPSA) is 30.5 Å². The van der Waals surface area contributed by atoms with Gasteiger partial charge in [0.25, 0.3) is 0 Å². The summed E-state index contributed by atoms with van der Waals surface area (Å²) < 4.78 is 25.2. The predicted octanol–water partition coefficient (Wildman–Crippen LogP) is 4.38. The first-order valence-corrected chi connectivity index (χ1v) is 7.92. The summed E-state index contributed by atoms with van der Waals surface area (Å²) >= 11 is 0. The van der Waals surface area contributed by atoms with Crippen molar-refractivity contribution in [1.29, 1.82) is 0 Å². The van der Waals surface area contributed by atoms with Crippen molar-refractivity contribution in [2.75, 3.05) is 12.1 Å². The van der Waals surface area contributed by atoms with Crippen molar-refractivity contribution < 1.29 is 13.9 Å². The second-order valence-corrected chi connectivity index (χ2v) is 6.29. The highest BCUT2D eigenvalue weighted by Gasteiger charge is 2.39. The van der Waals surface area contributed by atoms with E-state index in [-0.39, 0.29) is 24.6 Å². The molecule has 116 valence electrons. The maximum absolute atomic E-state index is 14.3. The second-order valence-electron chi connectivity index (χ2n) is 6.29. The van der Waals surface area contributed by atoms with Gasteiger partial charge in [0.1, 0.15) is 5.82 Å². The van der Waals surface area contributed by atoms with Gasteiger partial charge in [-0.05, 0) is 41.7 Å². The molecular weight excluding hydrogens is 293 g/mol. The third-order valence-electron chi connectivity index (χ3n) is 5.10. The summed E-state index contributed by atoms with van der Waals surface area (Å²) in [5.74, 6) is 2.01. The molecule has 1 N–H and O–H groups in total. The van der Waals surface area contributed by atoms with Crippen LogP contribution in [0.25, 0.3) is 0 Å². The molecule has 0 amide bonds. The van der Waals surface area contributed by atoms with Gasteiger partial charge >= 0.3 is 0 Å². The van der Waals surface area contributed by atoms with Crippen molar-refractivity contribution in [3.63, 3.8) is 0 Å². The Labute approximate surface area is 133 Å². The summed E-state index contributed by atoms with van der Waals surface area (Å²) in [4.78, 5) is 0. The van der Waals surface area contributed by atoms with Crippen LogP contribution in [0.1, 0.15) is 29.5 Å². The molecule has 0 aromatic heterocycles. The Hall–Kier alpha value is -2.49. The standard InChI is InChI=1S/C19H16FNO2/c20-15-6-2-5-14-12-3-1-4-13(12)18(21-19(14)15)11-7-8-16-17(9-11)23-10-22-16/h1-3,5-9,12-13,18,21H,4,10H2/t12-,13+,18-/m1/s1. The minimum absolute atomic E-state index is 0.0638. The number of anilines is 1. The predicted molar refractivity (Wildman–Crippen MR) is 85.3 cm³/mol. The van der Waals surface area contributed by atoms with Crippen LogP contribution in [-0.2, 0) is 0 Å². The zero-order valence-corrected chi connectivity index (χ0v) is 12.5. The Kier molecular flexibility index (Phi) is 2.68. The summed E-state index contributed by atoms with van der Waals surface area (Å²) in [6.07, 6.45) is 5.41. The summed E-state index contributed by atoms with van der Waals surface area (Å²) in [5, 5.41) is 3.43. The number of para-hydroxylation sites is 1. The summed E-state index contributed by atoms with van der Waals surface area (Å²) in [6, 6.07) is 11.4. The third-order valence-corrected chi connectivity index (χ3v) is 5.10. The van der Waals surface area contributed by atoms with Crippen LogP contribution in [0.3, 0.4) is 0 Å². The summed E-state index contributed by atoms with van der Waals surface area (Å²) in [7, 11) is 0. The van der Waals surface area contributed by atoms with Crippen LogP contribution in [0.15, 0.2) is 48.6 Å². The molecule has 3 atom stereocenters. The number of hydrogen-bond acceptors (Lipinski definition) is 3. The van der Waals surface area contributed by atoms with E-state index in [9.17, 15) is 4.39 Å². The van der Waals surface area contributed by atoms with Crippen LogP contribution in [0.4, 0.5) is 10.1 Å². The molecular formula is C19H16FNO2. The summed E-state index contributed by atoms with van der Waals surface area (Å²) in [6.45, 7) is 0.266. The fraction of sp³-hybridized carbons (Fsp3) is 0.263. The molecule has 2 aromatic rings. The van der Waals surface area contributed by atoms with Crippen LogP contribution in [0.2, 0.25) is 0 Å². The maximum Gasteiger partial charge on any atom is 0.231 e. The number of benzene rings is 2. The number of allylic oxidation sites excluding steroid dienone is 2. The first-order chi connectivity index (χ1) is 11.3. The molecule has 0 saturated carbocycles. The highest BCUT2D eigenvalue weighted by atomic mass is 19.1. The van der Waals surface area contributed by atoms with E-state index in [1.807, 2.05) is 24.3 Å². The maximum atomic E-state index is 14.3. The lowest BCUT2D eigenvalue weighted by atomic mass is 9.77. The smallest absolute Gasteiger partial charge is 0.231 e. The second kappa shape index (κ2) is 4.75. The summed E-state index contributed by atoms with van der Waals surface area (Å²) in [5.41, 5.74) is 2.80. The van der Waals surface area contributed by atoms with Crippen molar-refractivity contribution >= 4 is 5.69 Å². The van der Waals surface area contributed by atoms with E-state index < -0.39 is 0 Å². The van der Waals surface area contributed by atoms with Gasteiger partial charge in [0.2, 0.25) is 6.79 Å².